The lowest BCUT2D eigenvalue weighted by Gasteiger charge is -2.22. The highest BCUT2D eigenvalue weighted by Gasteiger charge is 2.23. The normalized spacial score (nSPS) is 12.5. The Bertz CT molecular complexity index is 1300. The molecule has 2 aromatic carbocycles. The van der Waals surface area contributed by atoms with E-state index in [1.165, 1.54) is 108 Å². The fourth-order valence-electron chi connectivity index (χ4n) is 5.94. The van der Waals surface area contributed by atoms with Crippen LogP contribution in [0.3, 0.4) is 0 Å². The van der Waals surface area contributed by atoms with E-state index >= 15 is 0 Å². The van der Waals surface area contributed by atoms with Gasteiger partial charge < -0.3 is 9.64 Å². The molecule has 3 rings (SSSR count). The first-order valence-corrected chi connectivity index (χ1v) is 17.1. The second kappa shape index (κ2) is 20.2. The van der Waals surface area contributed by atoms with E-state index in [9.17, 15) is 10.5 Å². The van der Waals surface area contributed by atoms with E-state index in [1.807, 2.05) is 55.5 Å². The lowest BCUT2D eigenvalue weighted by molar-refractivity contribution is 0.434. The third kappa shape index (κ3) is 11.4. The molecule has 2 aromatic rings. The van der Waals surface area contributed by atoms with Crippen molar-refractivity contribution in [1.82, 2.24) is 0 Å². The molecule has 0 radical (unpaired) electrons. The third-order valence-electron chi connectivity index (χ3n) is 8.70. The maximum Gasteiger partial charge on any atom is 0.138 e. The second-order valence-electron chi connectivity index (χ2n) is 12.2. The van der Waals surface area contributed by atoms with Gasteiger partial charge in [-0.3, -0.25) is 0 Å². The van der Waals surface area contributed by atoms with Crippen LogP contribution in [0.15, 0.2) is 71.5 Å². The van der Waals surface area contributed by atoms with Crippen molar-refractivity contribution < 1.29 is 4.74 Å². The van der Waals surface area contributed by atoms with Gasteiger partial charge in [-0.1, -0.05) is 140 Å². The Morgan fingerprint density at radius 3 is 1.77 bits per heavy atom. The van der Waals surface area contributed by atoms with Crippen LogP contribution in [0.1, 0.15) is 128 Å². The number of fused-ring (bicyclic) bond motifs is 1. The monoisotopic (exact) mass is 591 g/mol. The molecule has 0 fully saturated rings. The maximum absolute atomic E-state index is 9.54. The molecule has 44 heavy (non-hydrogen) atoms. The SMILES string of the molecule is CCCCCCCCCCCCCCCCCCN(C)c1ccc(/C=C/C2=C(C)C(=C(C#N)C#N)c3ccccc3O2)cc1. The number of hydrogen-bond acceptors (Lipinski definition) is 4. The van der Waals surface area contributed by atoms with E-state index in [0.717, 1.165) is 23.2 Å². The molecule has 0 amide bonds. The van der Waals surface area contributed by atoms with Gasteiger partial charge in [0.25, 0.3) is 0 Å². The first kappa shape index (κ1) is 34.7. The molecule has 0 saturated heterocycles. The molecular weight excluding hydrogens is 538 g/mol. The average Bonchev–Trinajstić information content (AvgIpc) is 3.05. The van der Waals surface area contributed by atoms with E-state index in [-0.39, 0.29) is 5.57 Å². The topological polar surface area (TPSA) is 60.0 Å². The molecule has 0 aromatic heterocycles. The first-order valence-electron chi connectivity index (χ1n) is 17.1. The van der Waals surface area contributed by atoms with Crippen molar-refractivity contribution in [2.75, 3.05) is 18.5 Å². The van der Waals surface area contributed by atoms with Gasteiger partial charge in [0, 0.05) is 36.0 Å². The van der Waals surface area contributed by atoms with Crippen molar-refractivity contribution in [2.24, 2.45) is 0 Å². The van der Waals surface area contributed by atoms with Crippen LogP contribution in [0.2, 0.25) is 0 Å². The molecule has 0 unspecified atom stereocenters. The quantitative estimate of drug-likeness (QED) is 0.113. The van der Waals surface area contributed by atoms with Gasteiger partial charge in [0.2, 0.25) is 0 Å². The molecule has 0 bridgehead atoms. The summed E-state index contributed by atoms with van der Waals surface area (Å²) in [5.74, 6) is 1.30. The number of rotatable bonds is 20. The molecular formula is C40H53N3O. The number of unbranched alkanes of at least 4 members (excludes halogenated alkanes) is 15. The summed E-state index contributed by atoms with van der Waals surface area (Å²) in [6.07, 6.45) is 26.2. The minimum atomic E-state index is 0.0980. The van der Waals surface area contributed by atoms with Crippen LogP contribution in [0.4, 0.5) is 5.69 Å². The summed E-state index contributed by atoms with van der Waals surface area (Å²) < 4.78 is 6.15. The molecule has 4 heteroatoms. The van der Waals surface area contributed by atoms with Gasteiger partial charge in [-0.05, 0) is 43.2 Å². The highest BCUT2D eigenvalue weighted by atomic mass is 16.5. The van der Waals surface area contributed by atoms with Crippen molar-refractivity contribution in [3.05, 3.63) is 82.6 Å². The zero-order valence-electron chi connectivity index (χ0n) is 27.5. The molecule has 0 aliphatic carbocycles. The molecule has 0 spiro atoms. The van der Waals surface area contributed by atoms with Gasteiger partial charge in [-0.2, -0.15) is 10.5 Å². The van der Waals surface area contributed by atoms with Crippen molar-refractivity contribution >= 4 is 17.3 Å². The minimum Gasteiger partial charge on any atom is -0.456 e. The Kier molecular flexibility index (Phi) is 16.0. The summed E-state index contributed by atoms with van der Waals surface area (Å²) in [6, 6.07) is 20.2. The van der Waals surface area contributed by atoms with Gasteiger partial charge >= 0.3 is 0 Å². The number of benzene rings is 2. The maximum atomic E-state index is 9.54. The van der Waals surface area contributed by atoms with E-state index in [1.54, 1.807) is 0 Å². The predicted molar refractivity (Wildman–Crippen MR) is 186 cm³/mol. The highest BCUT2D eigenvalue weighted by molar-refractivity contribution is 5.90. The Morgan fingerprint density at radius 2 is 1.23 bits per heavy atom. The lowest BCUT2D eigenvalue weighted by Crippen LogP contribution is -2.18. The van der Waals surface area contributed by atoms with Crippen LogP contribution in [-0.2, 0) is 0 Å². The van der Waals surface area contributed by atoms with Crippen molar-refractivity contribution in [3.8, 4) is 17.9 Å². The third-order valence-corrected chi connectivity index (χ3v) is 8.70. The number of nitrogens with zero attached hydrogens (tertiary/aromatic N) is 3. The highest BCUT2D eigenvalue weighted by Crippen LogP contribution is 2.40. The molecule has 4 nitrogen and oxygen atoms in total. The number of allylic oxidation sites excluding steroid dienone is 4. The fourth-order valence-corrected chi connectivity index (χ4v) is 5.94. The van der Waals surface area contributed by atoms with Crippen LogP contribution in [0.5, 0.6) is 5.75 Å². The van der Waals surface area contributed by atoms with Crippen LogP contribution >= 0.6 is 0 Å². The Labute approximate surface area is 267 Å². The van der Waals surface area contributed by atoms with E-state index in [2.05, 4.69) is 43.1 Å². The largest absolute Gasteiger partial charge is 0.456 e. The van der Waals surface area contributed by atoms with Gasteiger partial charge in [0.1, 0.15) is 29.2 Å². The molecule has 0 N–H and O–H groups in total. The van der Waals surface area contributed by atoms with E-state index in [4.69, 9.17) is 4.74 Å². The number of nitriles is 2. The number of hydrogen-bond donors (Lipinski definition) is 0. The van der Waals surface area contributed by atoms with Crippen LogP contribution in [0, 0.1) is 22.7 Å². The smallest absolute Gasteiger partial charge is 0.138 e. The molecule has 0 saturated carbocycles. The number of ether oxygens (including phenoxy) is 1. The van der Waals surface area contributed by atoms with Gasteiger partial charge in [-0.25, -0.2) is 0 Å². The summed E-state index contributed by atoms with van der Waals surface area (Å²) >= 11 is 0. The Balaban J connectivity index is 1.34. The zero-order valence-corrected chi connectivity index (χ0v) is 27.5. The van der Waals surface area contributed by atoms with Crippen molar-refractivity contribution in [2.45, 2.75) is 117 Å². The first-order chi connectivity index (χ1) is 21.6. The fraction of sp³-hybridized carbons (Fsp3) is 0.500. The van der Waals surface area contributed by atoms with E-state index < -0.39 is 0 Å². The zero-order chi connectivity index (χ0) is 31.4. The lowest BCUT2D eigenvalue weighted by atomic mass is 9.91. The summed E-state index contributed by atoms with van der Waals surface area (Å²) in [7, 11) is 2.17. The van der Waals surface area contributed by atoms with Crippen molar-refractivity contribution in [3.63, 3.8) is 0 Å². The van der Waals surface area contributed by atoms with Crippen LogP contribution in [0.25, 0.3) is 11.6 Å². The summed E-state index contributed by atoms with van der Waals surface area (Å²) in [6.45, 7) is 5.26. The standard InChI is InChI=1S/C40H53N3O/c1-4-5-6-7-8-9-10-11-12-13-14-15-16-17-18-21-30-43(3)36-27-24-34(25-28-36)26-29-38-33(2)40(35(31-41)32-42)37-22-19-20-23-39(37)44-38/h19-20,22-29H,4-18,21,30H2,1-3H3/b29-26+. The summed E-state index contributed by atoms with van der Waals surface area (Å²) in [5, 5.41) is 19.1. The number of para-hydroxylation sites is 1. The van der Waals surface area contributed by atoms with Crippen molar-refractivity contribution in [1.29, 1.82) is 10.5 Å². The summed E-state index contributed by atoms with van der Waals surface area (Å²) in [5.41, 5.74) is 4.59. The molecule has 1 aliphatic rings. The molecule has 1 aliphatic heterocycles. The Morgan fingerprint density at radius 1 is 0.705 bits per heavy atom. The van der Waals surface area contributed by atoms with Crippen LogP contribution < -0.4 is 9.64 Å². The van der Waals surface area contributed by atoms with Gasteiger partial charge in [0.15, 0.2) is 0 Å². The molecule has 234 valence electrons. The summed E-state index contributed by atoms with van der Waals surface area (Å²) in [4.78, 5) is 2.34. The average molecular weight is 592 g/mol. The minimum absolute atomic E-state index is 0.0980. The van der Waals surface area contributed by atoms with E-state index in [0.29, 0.717) is 17.1 Å². The van der Waals surface area contributed by atoms with Gasteiger partial charge in [0.05, 0.1) is 0 Å². The number of anilines is 1. The molecule has 0 atom stereocenters. The molecule has 1 heterocycles. The van der Waals surface area contributed by atoms with Crippen LogP contribution in [-0.4, -0.2) is 13.6 Å². The predicted octanol–water partition coefficient (Wildman–Crippen LogP) is 11.6. The van der Waals surface area contributed by atoms with Gasteiger partial charge in [-0.15, -0.1) is 0 Å². The second-order valence-corrected chi connectivity index (χ2v) is 12.2. The Hall–Kier alpha value is -3.76.